The number of amides is 1. The Morgan fingerprint density at radius 3 is 2.18 bits per heavy atom. The van der Waals surface area contributed by atoms with Crippen molar-refractivity contribution in [2.75, 3.05) is 26.3 Å². The molecule has 1 aliphatic rings. The third-order valence-corrected chi connectivity index (χ3v) is 5.61. The molecular formula is C24H25FN4O4. The van der Waals surface area contributed by atoms with Gasteiger partial charge in [0.05, 0.1) is 19.8 Å². The Balaban J connectivity index is 1.61. The van der Waals surface area contributed by atoms with Gasteiger partial charge in [0.25, 0.3) is 11.5 Å². The number of hydrogen-bond acceptors (Lipinski definition) is 6. The van der Waals surface area contributed by atoms with Gasteiger partial charge < -0.3 is 15.6 Å². The van der Waals surface area contributed by atoms with E-state index in [1.54, 1.807) is 12.1 Å². The van der Waals surface area contributed by atoms with Gasteiger partial charge in [-0.1, -0.05) is 36.4 Å². The molecule has 0 saturated carbocycles. The summed E-state index contributed by atoms with van der Waals surface area (Å²) in [5.41, 5.74) is 6.72. The molecule has 0 spiro atoms. The lowest BCUT2D eigenvalue weighted by Crippen LogP contribution is -2.35. The molecule has 4 rings (SSSR count). The van der Waals surface area contributed by atoms with Crippen LogP contribution in [0, 0.1) is 5.82 Å². The lowest BCUT2D eigenvalue weighted by Gasteiger charge is -2.26. The summed E-state index contributed by atoms with van der Waals surface area (Å²) in [6.45, 7) is 4.20. The summed E-state index contributed by atoms with van der Waals surface area (Å²) in [5.74, 6) is -1.92. The van der Waals surface area contributed by atoms with E-state index < -0.39 is 22.9 Å². The molecule has 8 nitrogen and oxygen atoms in total. The highest BCUT2D eigenvalue weighted by atomic mass is 19.1. The molecule has 1 amide bonds. The number of ether oxygens (including phenoxy) is 1. The molecule has 172 valence electrons. The zero-order chi connectivity index (χ0) is 23.4. The van der Waals surface area contributed by atoms with Crippen molar-refractivity contribution in [3.63, 3.8) is 0 Å². The maximum absolute atomic E-state index is 13.3. The summed E-state index contributed by atoms with van der Waals surface area (Å²) < 4.78 is 20.0. The van der Waals surface area contributed by atoms with E-state index >= 15 is 0 Å². The van der Waals surface area contributed by atoms with Crippen LogP contribution in [0.5, 0.6) is 5.75 Å². The van der Waals surface area contributed by atoms with Crippen LogP contribution in [0.3, 0.4) is 0 Å². The molecule has 0 atom stereocenters. The van der Waals surface area contributed by atoms with Crippen LogP contribution in [0.25, 0.3) is 0 Å². The second-order valence-electron chi connectivity index (χ2n) is 7.99. The van der Waals surface area contributed by atoms with Gasteiger partial charge >= 0.3 is 0 Å². The average molecular weight is 452 g/mol. The van der Waals surface area contributed by atoms with E-state index in [1.807, 2.05) is 24.3 Å². The van der Waals surface area contributed by atoms with Gasteiger partial charge in [0.2, 0.25) is 5.75 Å². The number of primary amides is 1. The molecule has 1 aliphatic heterocycles. The Hall–Kier alpha value is -3.56. The van der Waals surface area contributed by atoms with Gasteiger partial charge in [0.15, 0.2) is 5.69 Å². The van der Waals surface area contributed by atoms with Crippen molar-refractivity contribution < 1.29 is 19.0 Å². The number of halogens is 1. The van der Waals surface area contributed by atoms with Crippen molar-refractivity contribution in [1.82, 2.24) is 14.5 Å². The van der Waals surface area contributed by atoms with E-state index in [0.717, 1.165) is 44.0 Å². The van der Waals surface area contributed by atoms with Gasteiger partial charge in [-0.05, 0) is 28.8 Å². The first-order valence-corrected chi connectivity index (χ1v) is 10.7. The highest BCUT2D eigenvalue weighted by molar-refractivity contribution is 5.93. The molecule has 0 radical (unpaired) electrons. The molecule has 1 fully saturated rings. The zero-order valence-corrected chi connectivity index (χ0v) is 18.0. The van der Waals surface area contributed by atoms with E-state index in [9.17, 15) is 19.1 Å². The van der Waals surface area contributed by atoms with Gasteiger partial charge in [-0.25, -0.2) is 9.37 Å². The lowest BCUT2D eigenvalue weighted by molar-refractivity contribution is 0.0342. The molecule has 0 bridgehead atoms. The number of carbonyl (C=O) groups is 1. The molecule has 9 heteroatoms. The third kappa shape index (κ3) is 5.44. The van der Waals surface area contributed by atoms with Crippen molar-refractivity contribution in [3.05, 3.63) is 92.9 Å². The Morgan fingerprint density at radius 2 is 1.58 bits per heavy atom. The second kappa shape index (κ2) is 9.93. The highest BCUT2D eigenvalue weighted by Gasteiger charge is 2.20. The first-order valence-electron chi connectivity index (χ1n) is 10.7. The molecule has 1 aromatic heterocycles. The van der Waals surface area contributed by atoms with E-state index in [-0.39, 0.29) is 24.6 Å². The van der Waals surface area contributed by atoms with Crippen LogP contribution in [0.15, 0.2) is 53.3 Å². The summed E-state index contributed by atoms with van der Waals surface area (Å²) in [7, 11) is 0. The van der Waals surface area contributed by atoms with Crippen molar-refractivity contribution in [1.29, 1.82) is 0 Å². The fourth-order valence-electron chi connectivity index (χ4n) is 3.79. The van der Waals surface area contributed by atoms with Gasteiger partial charge in [0.1, 0.15) is 11.6 Å². The van der Waals surface area contributed by atoms with Crippen molar-refractivity contribution in [2.24, 2.45) is 5.73 Å². The summed E-state index contributed by atoms with van der Waals surface area (Å²) >= 11 is 0. The van der Waals surface area contributed by atoms with Crippen LogP contribution in [0.4, 0.5) is 4.39 Å². The fraction of sp³-hybridized carbons (Fsp3) is 0.292. The highest BCUT2D eigenvalue weighted by Crippen LogP contribution is 2.16. The van der Waals surface area contributed by atoms with Crippen molar-refractivity contribution in [2.45, 2.75) is 19.5 Å². The minimum atomic E-state index is -0.996. The Bertz CT molecular complexity index is 1190. The van der Waals surface area contributed by atoms with Gasteiger partial charge in [-0.3, -0.25) is 19.1 Å². The maximum Gasteiger partial charge on any atom is 0.296 e. The Labute approximate surface area is 190 Å². The molecular weight excluding hydrogens is 427 g/mol. The molecule has 33 heavy (non-hydrogen) atoms. The van der Waals surface area contributed by atoms with Crippen molar-refractivity contribution >= 4 is 5.91 Å². The Kier molecular flexibility index (Phi) is 6.81. The van der Waals surface area contributed by atoms with Crippen LogP contribution in [-0.2, 0) is 24.2 Å². The molecule has 1 saturated heterocycles. The molecule has 0 aliphatic carbocycles. The summed E-state index contributed by atoms with van der Waals surface area (Å²) in [6.07, 6.45) is 0.158. The average Bonchev–Trinajstić information content (AvgIpc) is 2.81. The monoisotopic (exact) mass is 452 g/mol. The number of nitrogens with two attached hydrogens (primary N) is 1. The summed E-state index contributed by atoms with van der Waals surface area (Å²) in [6, 6.07) is 13.6. The molecule has 3 aromatic rings. The van der Waals surface area contributed by atoms with Crippen LogP contribution in [0.1, 0.15) is 33.0 Å². The number of hydrogen-bond donors (Lipinski definition) is 2. The van der Waals surface area contributed by atoms with E-state index in [4.69, 9.17) is 10.5 Å². The van der Waals surface area contributed by atoms with Crippen molar-refractivity contribution in [3.8, 4) is 5.75 Å². The van der Waals surface area contributed by atoms with Gasteiger partial charge in [0, 0.05) is 26.1 Å². The largest absolute Gasteiger partial charge is 0.501 e. The minimum absolute atomic E-state index is 0.146. The normalized spacial score (nSPS) is 14.3. The quantitative estimate of drug-likeness (QED) is 0.564. The van der Waals surface area contributed by atoms with Crippen LogP contribution in [-0.4, -0.2) is 51.8 Å². The van der Waals surface area contributed by atoms with E-state index in [1.165, 1.54) is 16.7 Å². The summed E-state index contributed by atoms with van der Waals surface area (Å²) in [5, 5.41) is 10.2. The predicted molar refractivity (Wildman–Crippen MR) is 120 cm³/mol. The summed E-state index contributed by atoms with van der Waals surface area (Å²) in [4.78, 5) is 31.0. The number of aromatic nitrogens is 2. The number of morpholine rings is 1. The van der Waals surface area contributed by atoms with E-state index in [0.29, 0.717) is 5.56 Å². The Morgan fingerprint density at radius 1 is 1.00 bits per heavy atom. The topological polar surface area (TPSA) is 111 Å². The number of nitrogens with zero attached hydrogens (tertiary/aromatic N) is 3. The number of benzene rings is 2. The molecule has 2 aromatic carbocycles. The second-order valence-corrected chi connectivity index (χ2v) is 7.99. The fourth-order valence-corrected chi connectivity index (χ4v) is 3.79. The van der Waals surface area contributed by atoms with Gasteiger partial charge in [-0.15, -0.1) is 0 Å². The molecule has 2 heterocycles. The number of aromatic hydroxyl groups is 1. The minimum Gasteiger partial charge on any atom is -0.501 e. The first kappa shape index (κ1) is 22.6. The first-order chi connectivity index (χ1) is 15.9. The predicted octanol–water partition coefficient (Wildman–Crippen LogP) is 1.66. The SMILES string of the molecule is NC(=O)c1nc(Cc2ccc(F)cc2)n(Cc2ccc(CN3CCOCC3)cc2)c(=O)c1O. The molecule has 0 unspecified atom stereocenters. The third-order valence-electron chi connectivity index (χ3n) is 5.61. The maximum atomic E-state index is 13.3. The van der Waals surface area contributed by atoms with Gasteiger partial charge in [-0.2, -0.15) is 0 Å². The van der Waals surface area contributed by atoms with E-state index in [2.05, 4.69) is 9.88 Å². The zero-order valence-electron chi connectivity index (χ0n) is 18.0. The number of rotatable bonds is 7. The smallest absolute Gasteiger partial charge is 0.296 e. The standard InChI is InChI=1S/C24H25FN4O4/c25-19-7-5-16(6-8-19)13-20-27-21(23(26)31)22(30)24(32)29(20)15-18-3-1-17(2-4-18)14-28-9-11-33-12-10-28/h1-8,30H,9-15H2,(H2,26,31). The van der Waals surface area contributed by atoms with Crippen LogP contribution < -0.4 is 11.3 Å². The lowest BCUT2D eigenvalue weighted by atomic mass is 10.1. The number of carbonyl (C=O) groups excluding carboxylic acids is 1. The molecule has 3 N–H and O–H groups in total. The van der Waals surface area contributed by atoms with Crippen LogP contribution in [0.2, 0.25) is 0 Å². The van der Waals surface area contributed by atoms with Crippen LogP contribution >= 0.6 is 0 Å².